The Kier molecular flexibility index (Phi) is 8.69. The summed E-state index contributed by atoms with van der Waals surface area (Å²) < 4.78 is 0. The monoisotopic (exact) mass is 836 g/mol. The third-order valence-corrected chi connectivity index (χ3v) is 13.9. The second kappa shape index (κ2) is 15.2. The van der Waals surface area contributed by atoms with Gasteiger partial charge in [-0.2, -0.15) is 5.26 Å². The van der Waals surface area contributed by atoms with Crippen LogP contribution in [0.2, 0.25) is 0 Å². The Balaban J connectivity index is 0.983. The summed E-state index contributed by atoms with van der Waals surface area (Å²) in [6.07, 6.45) is 0. The summed E-state index contributed by atoms with van der Waals surface area (Å²) in [5, 5.41) is 22.1. The number of hydrogen-bond donors (Lipinski definition) is 0. The first-order valence-corrected chi connectivity index (χ1v) is 22.7. The first-order valence-electron chi connectivity index (χ1n) is 22.7. The van der Waals surface area contributed by atoms with Gasteiger partial charge in [-0.05, 0) is 141 Å². The fraction of sp³-hybridized carbons (Fsp3) is 0.0156. The minimum Gasteiger partial charge on any atom is -0.336 e. The lowest BCUT2D eigenvalue weighted by Crippen LogP contribution is -2.20. The van der Waals surface area contributed by atoms with Gasteiger partial charge in [0, 0.05) is 28.7 Å². The van der Waals surface area contributed by atoms with E-state index in [0.717, 1.165) is 28.7 Å². The van der Waals surface area contributed by atoms with E-state index in [1.54, 1.807) is 0 Å². The number of para-hydroxylation sites is 1. The molecule has 12 aromatic carbocycles. The van der Waals surface area contributed by atoms with Crippen LogP contribution in [-0.4, -0.2) is 0 Å². The molecule has 0 aromatic heterocycles. The minimum atomic E-state index is 0.713. The Hall–Kier alpha value is -8.77. The number of fused-ring (bicyclic) bond motifs is 3. The van der Waals surface area contributed by atoms with E-state index in [2.05, 4.69) is 235 Å². The summed E-state index contributed by atoms with van der Waals surface area (Å²) in [4.78, 5) is 2.41. The Morgan fingerprint density at radius 3 is 1.62 bits per heavy atom. The first kappa shape index (κ1) is 37.8. The molecular weight excluding hydrogens is 797 g/mol. The Labute approximate surface area is 383 Å². The molecule has 2 heteroatoms. The summed E-state index contributed by atoms with van der Waals surface area (Å²) in [6.45, 7) is 0.749. The molecule has 1 aliphatic heterocycles. The molecule has 0 unspecified atom stereocenters. The Morgan fingerprint density at radius 2 is 0.909 bits per heavy atom. The van der Waals surface area contributed by atoms with Crippen molar-refractivity contribution in [3.05, 3.63) is 242 Å². The van der Waals surface area contributed by atoms with Crippen LogP contribution in [0.5, 0.6) is 0 Å². The smallest absolute Gasteiger partial charge is 0.0998 e. The summed E-state index contributed by atoms with van der Waals surface area (Å²) in [6, 6.07) is 86.4. The average molecular weight is 837 g/mol. The summed E-state index contributed by atoms with van der Waals surface area (Å²) in [5.74, 6) is 0. The Bertz CT molecular complexity index is 3940. The van der Waals surface area contributed by atoms with Crippen LogP contribution in [0.15, 0.2) is 231 Å². The maximum atomic E-state index is 10.1. The zero-order chi connectivity index (χ0) is 43.7. The third-order valence-electron chi connectivity index (χ3n) is 13.9. The third kappa shape index (κ3) is 5.95. The standard InChI is InChI=1S/C64H40N2/c65-39-48-27-28-49-40-66(50-19-8-3-9-20-50)60-36-35-53(55-34-33-54(48)63(49)64(55)60)43-25-23-41(24-26-43)46-29-31-56-58(37-46)61(44-14-4-1-5-15-44)57-32-30-47(38-59(57)62(56)45-16-6-2-7-17-45)52-22-12-18-42-13-10-11-21-51(42)52/h1-38H,40H2. The molecule has 66 heavy (non-hydrogen) atoms. The molecule has 0 saturated carbocycles. The van der Waals surface area contributed by atoms with E-state index < -0.39 is 0 Å². The molecule has 0 aliphatic carbocycles. The predicted molar refractivity (Wildman–Crippen MR) is 278 cm³/mol. The van der Waals surface area contributed by atoms with Crippen molar-refractivity contribution in [1.82, 2.24) is 0 Å². The SMILES string of the molecule is N#Cc1ccc2c3c1ccc1c(-c4ccc(-c5ccc6c(-c7ccccc7)c7cc(-c8cccc9ccccc89)ccc7c(-c7ccccc7)c6c5)cc4)ccc(c13)N(c1ccccc1)C2. The number of rotatable bonds is 6. The van der Waals surface area contributed by atoms with Gasteiger partial charge in [0.2, 0.25) is 0 Å². The van der Waals surface area contributed by atoms with Gasteiger partial charge >= 0.3 is 0 Å². The van der Waals surface area contributed by atoms with Crippen LogP contribution >= 0.6 is 0 Å². The van der Waals surface area contributed by atoms with E-state index in [1.807, 2.05) is 6.07 Å². The first-order chi connectivity index (χ1) is 32.7. The van der Waals surface area contributed by atoms with E-state index in [0.29, 0.717) is 5.56 Å². The molecular formula is C64H40N2. The van der Waals surface area contributed by atoms with Gasteiger partial charge in [0.25, 0.3) is 0 Å². The molecule has 12 aromatic rings. The summed E-state index contributed by atoms with van der Waals surface area (Å²) in [5.41, 5.74) is 16.3. The number of anilines is 2. The molecule has 1 aliphatic rings. The fourth-order valence-corrected chi connectivity index (χ4v) is 10.9. The predicted octanol–water partition coefficient (Wildman–Crippen LogP) is 17.3. The van der Waals surface area contributed by atoms with Crippen LogP contribution in [0.3, 0.4) is 0 Å². The van der Waals surface area contributed by atoms with Crippen LogP contribution in [0.4, 0.5) is 11.4 Å². The lowest BCUT2D eigenvalue weighted by molar-refractivity contribution is 0.982. The zero-order valence-electron chi connectivity index (χ0n) is 36.0. The number of benzene rings is 12. The molecule has 0 N–H and O–H groups in total. The highest BCUT2D eigenvalue weighted by atomic mass is 15.1. The van der Waals surface area contributed by atoms with Crippen LogP contribution in [0.1, 0.15) is 11.1 Å². The van der Waals surface area contributed by atoms with Gasteiger partial charge in [0.15, 0.2) is 0 Å². The second-order valence-corrected chi connectivity index (χ2v) is 17.5. The molecule has 0 fully saturated rings. The molecule has 1 heterocycles. The number of nitriles is 1. The van der Waals surface area contributed by atoms with Crippen LogP contribution in [0.25, 0.3) is 109 Å². The fourth-order valence-electron chi connectivity index (χ4n) is 10.9. The van der Waals surface area contributed by atoms with Gasteiger partial charge in [0.1, 0.15) is 0 Å². The quantitative estimate of drug-likeness (QED) is 0.123. The summed E-state index contributed by atoms with van der Waals surface area (Å²) >= 11 is 0. The van der Waals surface area contributed by atoms with Crippen LogP contribution < -0.4 is 4.90 Å². The van der Waals surface area contributed by atoms with Crippen molar-refractivity contribution in [2.45, 2.75) is 6.54 Å². The molecule has 0 atom stereocenters. The van der Waals surface area contributed by atoms with Crippen LogP contribution in [-0.2, 0) is 6.54 Å². The number of hydrogen-bond acceptors (Lipinski definition) is 2. The normalized spacial score (nSPS) is 12.1. The average Bonchev–Trinajstić information content (AvgIpc) is 3.39. The lowest BCUT2D eigenvalue weighted by atomic mass is 9.83. The number of nitrogens with zero attached hydrogens (tertiary/aromatic N) is 2. The van der Waals surface area contributed by atoms with E-state index in [9.17, 15) is 5.26 Å². The molecule has 0 saturated heterocycles. The van der Waals surface area contributed by atoms with Crippen molar-refractivity contribution in [2.75, 3.05) is 4.90 Å². The van der Waals surface area contributed by atoms with Crippen molar-refractivity contribution in [3.8, 4) is 61.7 Å². The molecule has 13 rings (SSSR count). The van der Waals surface area contributed by atoms with Crippen molar-refractivity contribution < 1.29 is 0 Å². The highest BCUT2D eigenvalue weighted by Crippen LogP contribution is 2.49. The van der Waals surface area contributed by atoms with Crippen LogP contribution in [0, 0.1) is 11.3 Å². The summed E-state index contributed by atoms with van der Waals surface area (Å²) in [7, 11) is 0. The van der Waals surface area contributed by atoms with Crippen molar-refractivity contribution >= 4 is 65.2 Å². The highest BCUT2D eigenvalue weighted by molar-refractivity contribution is 6.23. The topological polar surface area (TPSA) is 27.0 Å². The molecule has 0 amide bonds. The van der Waals surface area contributed by atoms with E-state index in [-0.39, 0.29) is 0 Å². The van der Waals surface area contributed by atoms with Gasteiger partial charge < -0.3 is 4.90 Å². The van der Waals surface area contributed by atoms with Crippen molar-refractivity contribution in [2.24, 2.45) is 0 Å². The molecule has 2 nitrogen and oxygen atoms in total. The minimum absolute atomic E-state index is 0.713. The van der Waals surface area contributed by atoms with Gasteiger partial charge in [-0.15, -0.1) is 0 Å². The second-order valence-electron chi connectivity index (χ2n) is 17.5. The van der Waals surface area contributed by atoms with Gasteiger partial charge in [-0.1, -0.05) is 194 Å². The maximum Gasteiger partial charge on any atom is 0.0998 e. The van der Waals surface area contributed by atoms with Crippen molar-refractivity contribution in [1.29, 1.82) is 5.26 Å². The van der Waals surface area contributed by atoms with E-state index >= 15 is 0 Å². The lowest BCUT2D eigenvalue weighted by Gasteiger charge is -2.32. The van der Waals surface area contributed by atoms with Gasteiger partial charge in [-0.25, -0.2) is 0 Å². The van der Waals surface area contributed by atoms with E-state index in [1.165, 1.54) is 104 Å². The largest absolute Gasteiger partial charge is 0.336 e. The maximum absolute atomic E-state index is 10.1. The van der Waals surface area contributed by atoms with Crippen molar-refractivity contribution in [3.63, 3.8) is 0 Å². The molecule has 306 valence electrons. The van der Waals surface area contributed by atoms with Gasteiger partial charge in [0.05, 0.1) is 11.6 Å². The molecule has 0 spiro atoms. The molecule has 0 bridgehead atoms. The Morgan fingerprint density at radius 1 is 0.348 bits per heavy atom. The zero-order valence-corrected chi connectivity index (χ0v) is 36.0. The molecule has 0 radical (unpaired) electrons. The van der Waals surface area contributed by atoms with E-state index in [4.69, 9.17) is 0 Å². The van der Waals surface area contributed by atoms with Gasteiger partial charge in [-0.3, -0.25) is 0 Å². The highest BCUT2D eigenvalue weighted by Gasteiger charge is 2.25.